The number of nitrogens with one attached hydrogen (secondary N) is 2. The molecule has 2 aromatic rings. The van der Waals surface area contributed by atoms with Crippen LogP contribution in [0.5, 0.6) is 0 Å². The first-order valence-corrected chi connectivity index (χ1v) is 7.28. The van der Waals surface area contributed by atoms with Gasteiger partial charge in [-0.1, -0.05) is 23.7 Å². The van der Waals surface area contributed by atoms with Gasteiger partial charge in [0.1, 0.15) is 0 Å². The first-order valence-electron chi connectivity index (χ1n) is 6.90. The van der Waals surface area contributed by atoms with Crippen LogP contribution in [0.2, 0.25) is 5.02 Å². The minimum Gasteiger partial charge on any atom is -0.385 e. The molecule has 0 aliphatic heterocycles. The van der Waals surface area contributed by atoms with Gasteiger partial charge in [0.2, 0.25) is 5.91 Å². The SMILES string of the molecule is Cc1cc(C)cc(NCCC(=O)Nc2cccc(Cl)c2)c1. The summed E-state index contributed by atoms with van der Waals surface area (Å²) in [5.41, 5.74) is 4.18. The van der Waals surface area contributed by atoms with Gasteiger partial charge in [0.15, 0.2) is 0 Å². The lowest BCUT2D eigenvalue weighted by Crippen LogP contribution is -2.16. The molecule has 21 heavy (non-hydrogen) atoms. The van der Waals surface area contributed by atoms with Gasteiger partial charge in [-0.25, -0.2) is 0 Å². The van der Waals surface area contributed by atoms with Crippen LogP contribution in [0.15, 0.2) is 42.5 Å². The largest absolute Gasteiger partial charge is 0.385 e. The molecule has 2 N–H and O–H groups in total. The zero-order valence-electron chi connectivity index (χ0n) is 12.2. The summed E-state index contributed by atoms with van der Waals surface area (Å²) < 4.78 is 0. The average Bonchev–Trinajstić information content (AvgIpc) is 2.37. The highest BCUT2D eigenvalue weighted by Crippen LogP contribution is 2.16. The topological polar surface area (TPSA) is 41.1 Å². The molecule has 0 atom stereocenters. The molecule has 0 aromatic heterocycles. The van der Waals surface area contributed by atoms with Crippen LogP contribution in [0.3, 0.4) is 0 Å². The van der Waals surface area contributed by atoms with Crippen molar-refractivity contribution in [3.63, 3.8) is 0 Å². The van der Waals surface area contributed by atoms with Crippen molar-refractivity contribution < 1.29 is 4.79 Å². The van der Waals surface area contributed by atoms with Crippen LogP contribution in [-0.2, 0) is 4.79 Å². The van der Waals surface area contributed by atoms with E-state index in [1.807, 2.05) is 12.1 Å². The van der Waals surface area contributed by atoms with Crippen molar-refractivity contribution in [3.8, 4) is 0 Å². The summed E-state index contributed by atoms with van der Waals surface area (Å²) in [6, 6.07) is 13.4. The first-order chi connectivity index (χ1) is 10.0. The number of amides is 1. The molecule has 4 heteroatoms. The van der Waals surface area contributed by atoms with Gasteiger partial charge in [-0.2, -0.15) is 0 Å². The van der Waals surface area contributed by atoms with Crippen molar-refractivity contribution >= 4 is 28.9 Å². The Kier molecular flexibility index (Phi) is 5.23. The zero-order valence-corrected chi connectivity index (χ0v) is 13.0. The Morgan fingerprint density at radius 3 is 2.43 bits per heavy atom. The molecule has 0 aliphatic rings. The second-order valence-corrected chi connectivity index (χ2v) is 5.55. The number of aryl methyl sites for hydroxylation is 2. The zero-order chi connectivity index (χ0) is 15.2. The summed E-state index contributed by atoms with van der Waals surface area (Å²) in [5.74, 6) is -0.0332. The number of carbonyl (C=O) groups is 1. The Hall–Kier alpha value is -2.00. The number of benzene rings is 2. The molecule has 0 radical (unpaired) electrons. The Labute approximate surface area is 130 Å². The number of anilines is 2. The molecule has 2 rings (SSSR count). The number of carbonyl (C=O) groups excluding carboxylic acids is 1. The lowest BCUT2D eigenvalue weighted by molar-refractivity contribution is -0.115. The van der Waals surface area contributed by atoms with E-state index in [4.69, 9.17) is 11.6 Å². The van der Waals surface area contributed by atoms with E-state index in [0.717, 1.165) is 11.4 Å². The van der Waals surface area contributed by atoms with Crippen LogP contribution in [0.1, 0.15) is 17.5 Å². The molecular weight excluding hydrogens is 284 g/mol. The van der Waals surface area contributed by atoms with Crippen LogP contribution < -0.4 is 10.6 Å². The maximum absolute atomic E-state index is 11.9. The van der Waals surface area contributed by atoms with Crippen molar-refractivity contribution in [3.05, 3.63) is 58.6 Å². The molecule has 1 amide bonds. The summed E-state index contributed by atoms with van der Waals surface area (Å²) in [6.45, 7) is 4.71. The monoisotopic (exact) mass is 302 g/mol. The fourth-order valence-corrected chi connectivity index (χ4v) is 2.38. The Morgan fingerprint density at radius 2 is 1.76 bits per heavy atom. The van der Waals surface area contributed by atoms with E-state index < -0.39 is 0 Å². The maximum Gasteiger partial charge on any atom is 0.226 e. The lowest BCUT2D eigenvalue weighted by Gasteiger charge is -2.09. The van der Waals surface area contributed by atoms with Gasteiger partial charge in [0.25, 0.3) is 0 Å². The van der Waals surface area contributed by atoms with E-state index in [9.17, 15) is 4.79 Å². The van der Waals surface area contributed by atoms with Crippen molar-refractivity contribution in [1.29, 1.82) is 0 Å². The first kappa shape index (κ1) is 15.4. The van der Waals surface area contributed by atoms with E-state index in [-0.39, 0.29) is 5.91 Å². The molecule has 3 nitrogen and oxygen atoms in total. The van der Waals surface area contributed by atoms with Crippen LogP contribution in [-0.4, -0.2) is 12.5 Å². The Bertz CT molecular complexity index is 620. The third-order valence-electron chi connectivity index (χ3n) is 3.01. The molecule has 0 saturated carbocycles. The van der Waals surface area contributed by atoms with Crippen molar-refractivity contribution in [1.82, 2.24) is 0 Å². The highest BCUT2D eigenvalue weighted by Gasteiger charge is 2.03. The Balaban J connectivity index is 1.81. The fraction of sp³-hybridized carbons (Fsp3) is 0.235. The number of hydrogen-bond acceptors (Lipinski definition) is 2. The number of hydrogen-bond donors (Lipinski definition) is 2. The Morgan fingerprint density at radius 1 is 1.05 bits per heavy atom. The van der Waals surface area contributed by atoms with Crippen LogP contribution in [0.4, 0.5) is 11.4 Å². The van der Waals surface area contributed by atoms with Crippen molar-refractivity contribution in [2.45, 2.75) is 20.3 Å². The van der Waals surface area contributed by atoms with Gasteiger partial charge in [-0.15, -0.1) is 0 Å². The predicted molar refractivity (Wildman–Crippen MR) is 89.1 cm³/mol. The standard InChI is InChI=1S/C17H19ClN2O/c1-12-8-13(2)10-16(9-12)19-7-6-17(21)20-15-5-3-4-14(18)11-15/h3-5,8-11,19H,6-7H2,1-2H3,(H,20,21). The van der Waals surface area contributed by atoms with Crippen LogP contribution >= 0.6 is 11.6 Å². The van der Waals surface area contributed by atoms with Crippen molar-refractivity contribution in [2.75, 3.05) is 17.2 Å². The molecule has 0 aliphatic carbocycles. The quantitative estimate of drug-likeness (QED) is 0.859. The second-order valence-electron chi connectivity index (χ2n) is 5.11. The molecule has 0 saturated heterocycles. The molecular formula is C17H19ClN2O. The van der Waals surface area contributed by atoms with E-state index in [1.165, 1.54) is 11.1 Å². The third kappa shape index (κ3) is 5.12. The second kappa shape index (κ2) is 7.14. The lowest BCUT2D eigenvalue weighted by atomic mass is 10.1. The van der Waals surface area contributed by atoms with E-state index >= 15 is 0 Å². The molecule has 0 spiro atoms. The van der Waals surface area contributed by atoms with Crippen molar-refractivity contribution in [2.24, 2.45) is 0 Å². The predicted octanol–water partition coefficient (Wildman–Crippen LogP) is 4.40. The minimum absolute atomic E-state index is 0.0332. The van der Waals surface area contributed by atoms with Gasteiger partial charge in [-0.3, -0.25) is 4.79 Å². The van der Waals surface area contributed by atoms with Gasteiger partial charge >= 0.3 is 0 Å². The van der Waals surface area contributed by atoms with E-state index in [2.05, 4.69) is 42.7 Å². The highest BCUT2D eigenvalue weighted by atomic mass is 35.5. The molecule has 0 fully saturated rings. The molecule has 0 heterocycles. The summed E-state index contributed by atoms with van der Waals surface area (Å²) in [7, 11) is 0. The number of rotatable bonds is 5. The van der Waals surface area contributed by atoms with Crippen LogP contribution in [0, 0.1) is 13.8 Å². The maximum atomic E-state index is 11.9. The molecule has 2 aromatic carbocycles. The summed E-state index contributed by atoms with van der Waals surface area (Å²) in [6.07, 6.45) is 0.402. The van der Waals surface area contributed by atoms with E-state index in [0.29, 0.717) is 18.0 Å². The smallest absolute Gasteiger partial charge is 0.226 e. The average molecular weight is 303 g/mol. The van der Waals surface area contributed by atoms with Gasteiger partial charge in [-0.05, 0) is 55.3 Å². The summed E-state index contributed by atoms with van der Waals surface area (Å²) in [4.78, 5) is 11.9. The normalized spacial score (nSPS) is 10.2. The van der Waals surface area contributed by atoms with Gasteiger partial charge in [0.05, 0.1) is 0 Å². The van der Waals surface area contributed by atoms with Gasteiger partial charge in [0, 0.05) is 29.4 Å². The minimum atomic E-state index is -0.0332. The molecule has 0 unspecified atom stereocenters. The third-order valence-corrected chi connectivity index (χ3v) is 3.25. The van der Waals surface area contributed by atoms with E-state index in [1.54, 1.807) is 12.1 Å². The molecule has 0 bridgehead atoms. The highest BCUT2D eigenvalue weighted by molar-refractivity contribution is 6.30. The molecule has 110 valence electrons. The summed E-state index contributed by atoms with van der Waals surface area (Å²) in [5, 5.41) is 6.71. The van der Waals surface area contributed by atoms with Crippen LogP contribution in [0.25, 0.3) is 0 Å². The van der Waals surface area contributed by atoms with Gasteiger partial charge < -0.3 is 10.6 Å². The fourth-order valence-electron chi connectivity index (χ4n) is 2.19. The summed E-state index contributed by atoms with van der Waals surface area (Å²) >= 11 is 5.88. The number of halogens is 1.